The summed E-state index contributed by atoms with van der Waals surface area (Å²) in [6, 6.07) is 12.5. The molecule has 41 heavy (non-hydrogen) atoms. The van der Waals surface area contributed by atoms with E-state index in [-0.39, 0.29) is 28.6 Å². The number of hydrogen-bond donors (Lipinski definition) is 1. The monoisotopic (exact) mass is 580 g/mol. The van der Waals surface area contributed by atoms with Gasteiger partial charge < -0.3 is 4.90 Å². The summed E-state index contributed by atoms with van der Waals surface area (Å²) in [7, 11) is 0.846. The summed E-state index contributed by atoms with van der Waals surface area (Å²) < 4.78 is 60.6. The maximum atomic E-state index is 14.3. The van der Waals surface area contributed by atoms with Gasteiger partial charge >= 0.3 is 5.69 Å². The van der Waals surface area contributed by atoms with Crippen LogP contribution in [0.1, 0.15) is 31.1 Å². The highest BCUT2D eigenvalue weighted by Crippen LogP contribution is 2.39. The molecule has 6 rings (SSSR count). The number of rotatable bonds is 5. The largest absolute Gasteiger partial charge is 0.328 e. The summed E-state index contributed by atoms with van der Waals surface area (Å²) in [5.74, 6) is -1.96. The SMILES string of the molecule is CNS(=O)(=O)c1ccc2nc([C@@H]3CCCC(=O)N3c3ccc(F)c(F)c3)n(-c3ccc4c(c3)n(C)c(=O)n4C)c2c1. The van der Waals surface area contributed by atoms with Crippen LogP contribution in [0.5, 0.6) is 0 Å². The number of amides is 1. The molecule has 1 N–H and O–H groups in total. The summed E-state index contributed by atoms with van der Waals surface area (Å²) >= 11 is 0. The predicted molar refractivity (Wildman–Crippen MR) is 149 cm³/mol. The standard InChI is InChI=1S/C28H26F2N6O4S/c1-31-41(39,40)18-9-11-21-24(15-18)36(17-8-12-22-25(14-17)34(3)28(38)33(22)2)27(32-21)23-5-4-6-26(37)35(23)16-7-10-19(29)20(30)13-16/h7-15,23,31H,4-6H2,1-3H3/t23-/m0/s1. The van der Waals surface area contributed by atoms with Gasteiger partial charge in [0.1, 0.15) is 5.82 Å². The van der Waals surface area contributed by atoms with Crippen molar-refractivity contribution in [3.63, 3.8) is 0 Å². The second-order valence-electron chi connectivity index (χ2n) is 10.0. The highest BCUT2D eigenvalue weighted by molar-refractivity contribution is 7.89. The molecule has 1 atom stereocenters. The first-order chi connectivity index (χ1) is 19.5. The van der Waals surface area contributed by atoms with Crippen LogP contribution >= 0.6 is 0 Å². The zero-order valence-electron chi connectivity index (χ0n) is 22.4. The van der Waals surface area contributed by atoms with E-state index >= 15 is 0 Å². The number of halogens is 2. The first-order valence-electron chi connectivity index (χ1n) is 12.9. The molecular weight excluding hydrogens is 554 g/mol. The van der Waals surface area contributed by atoms with Crippen LogP contribution < -0.4 is 15.3 Å². The van der Waals surface area contributed by atoms with Gasteiger partial charge in [-0.15, -0.1) is 0 Å². The van der Waals surface area contributed by atoms with Crippen LogP contribution in [-0.4, -0.2) is 40.1 Å². The number of benzene rings is 3. The smallest absolute Gasteiger partial charge is 0.302 e. The molecule has 1 amide bonds. The number of aromatic nitrogens is 4. The lowest BCUT2D eigenvalue weighted by Gasteiger charge is -2.35. The normalized spacial score (nSPS) is 16.3. The van der Waals surface area contributed by atoms with Crippen LogP contribution in [0.4, 0.5) is 14.5 Å². The molecule has 0 spiro atoms. The Kier molecular flexibility index (Phi) is 6.30. The topological polar surface area (TPSA) is 111 Å². The molecule has 1 aliphatic heterocycles. The van der Waals surface area contributed by atoms with Crippen LogP contribution in [0, 0.1) is 11.6 Å². The van der Waals surface area contributed by atoms with Crippen LogP contribution in [0.25, 0.3) is 27.8 Å². The number of imidazole rings is 2. The number of sulfonamides is 1. The third kappa shape index (κ3) is 4.23. The lowest BCUT2D eigenvalue weighted by atomic mass is 9.99. The number of piperidine rings is 1. The highest BCUT2D eigenvalue weighted by atomic mass is 32.2. The summed E-state index contributed by atoms with van der Waals surface area (Å²) in [6.07, 6.45) is 1.23. The van der Waals surface area contributed by atoms with Gasteiger partial charge in [-0.3, -0.25) is 18.5 Å². The second-order valence-corrected chi connectivity index (χ2v) is 11.9. The Morgan fingerprint density at radius 3 is 2.34 bits per heavy atom. The van der Waals surface area contributed by atoms with Crippen molar-refractivity contribution in [2.45, 2.75) is 30.2 Å². The van der Waals surface area contributed by atoms with Gasteiger partial charge in [-0.1, -0.05) is 0 Å². The molecule has 1 fully saturated rings. The van der Waals surface area contributed by atoms with Gasteiger partial charge in [0.15, 0.2) is 11.6 Å². The lowest BCUT2D eigenvalue weighted by molar-refractivity contribution is -0.120. The van der Waals surface area contributed by atoms with E-state index in [1.807, 2.05) is 0 Å². The first-order valence-corrected chi connectivity index (χ1v) is 14.4. The molecule has 1 aliphatic rings. The van der Waals surface area contributed by atoms with Crippen LogP contribution in [0.15, 0.2) is 64.3 Å². The molecule has 0 radical (unpaired) electrons. The highest BCUT2D eigenvalue weighted by Gasteiger charge is 2.35. The predicted octanol–water partition coefficient (Wildman–Crippen LogP) is 3.66. The van der Waals surface area contributed by atoms with Gasteiger partial charge in [-0.25, -0.2) is 31.7 Å². The Morgan fingerprint density at radius 1 is 0.878 bits per heavy atom. The maximum absolute atomic E-state index is 14.3. The molecule has 13 heteroatoms. The average Bonchev–Trinajstić information content (AvgIpc) is 3.45. The molecule has 10 nitrogen and oxygen atoms in total. The summed E-state index contributed by atoms with van der Waals surface area (Å²) in [6.45, 7) is 0. The number of carbonyl (C=O) groups is 1. The van der Waals surface area contributed by atoms with Gasteiger partial charge in [-0.05, 0) is 68.4 Å². The van der Waals surface area contributed by atoms with E-state index in [0.717, 1.165) is 12.1 Å². The molecule has 0 aliphatic carbocycles. The fourth-order valence-electron chi connectivity index (χ4n) is 5.56. The van der Waals surface area contributed by atoms with Gasteiger partial charge in [-0.2, -0.15) is 0 Å². The quantitative estimate of drug-likeness (QED) is 0.341. The van der Waals surface area contributed by atoms with E-state index in [4.69, 9.17) is 4.98 Å². The Morgan fingerprint density at radius 2 is 1.61 bits per heavy atom. The van der Waals surface area contributed by atoms with E-state index in [9.17, 15) is 26.8 Å². The minimum Gasteiger partial charge on any atom is -0.302 e. The number of nitrogens with one attached hydrogen (secondary N) is 1. The third-order valence-corrected chi connectivity index (χ3v) is 9.08. The van der Waals surface area contributed by atoms with E-state index in [1.54, 1.807) is 42.9 Å². The maximum Gasteiger partial charge on any atom is 0.328 e. The fraction of sp³-hybridized carbons (Fsp3) is 0.250. The molecule has 3 heterocycles. The third-order valence-electron chi connectivity index (χ3n) is 7.67. The number of hydrogen-bond acceptors (Lipinski definition) is 5. The average molecular weight is 581 g/mol. The molecule has 3 aromatic carbocycles. The van der Waals surface area contributed by atoms with Crippen molar-refractivity contribution in [3.8, 4) is 5.69 Å². The molecule has 1 saturated heterocycles. The number of nitrogens with zero attached hydrogens (tertiary/aromatic N) is 5. The number of carbonyl (C=O) groups excluding carboxylic acids is 1. The van der Waals surface area contributed by atoms with Crippen molar-refractivity contribution in [3.05, 3.63) is 82.5 Å². The Hall–Kier alpha value is -4.36. The molecule has 0 bridgehead atoms. The minimum atomic E-state index is -3.80. The van der Waals surface area contributed by atoms with Gasteiger partial charge in [0.2, 0.25) is 15.9 Å². The van der Waals surface area contributed by atoms with Crippen LogP contribution in [0.2, 0.25) is 0 Å². The van der Waals surface area contributed by atoms with E-state index in [0.29, 0.717) is 46.4 Å². The van der Waals surface area contributed by atoms with Gasteiger partial charge in [0.25, 0.3) is 0 Å². The minimum absolute atomic E-state index is 0.0190. The molecule has 5 aromatic rings. The van der Waals surface area contributed by atoms with Crippen LogP contribution in [0.3, 0.4) is 0 Å². The van der Waals surface area contributed by atoms with Crippen molar-refractivity contribution in [1.82, 2.24) is 23.4 Å². The number of fused-ring (bicyclic) bond motifs is 2. The van der Waals surface area contributed by atoms with E-state index in [1.165, 1.54) is 39.3 Å². The number of aryl methyl sites for hydroxylation is 2. The lowest BCUT2D eigenvalue weighted by Crippen LogP contribution is -2.39. The van der Waals surface area contributed by atoms with Crippen molar-refractivity contribution < 1.29 is 22.0 Å². The van der Waals surface area contributed by atoms with Gasteiger partial charge in [0, 0.05) is 38.0 Å². The molecule has 2 aromatic heterocycles. The molecule has 0 unspecified atom stereocenters. The van der Waals surface area contributed by atoms with Crippen molar-refractivity contribution >= 4 is 43.7 Å². The first kappa shape index (κ1) is 26.8. The fourth-order valence-corrected chi connectivity index (χ4v) is 6.31. The second kappa shape index (κ2) is 9.63. The Labute approximate surface area is 233 Å². The molecule has 0 saturated carbocycles. The Bertz CT molecular complexity index is 2050. The summed E-state index contributed by atoms with van der Waals surface area (Å²) in [5.41, 5.74) is 2.83. The van der Waals surface area contributed by atoms with Crippen molar-refractivity contribution in [2.24, 2.45) is 14.1 Å². The molecule has 212 valence electrons. The van der Waals surface area contributed by atoms with Crippen LogP contribution in [-0.2, 0) is 28.9 Å². The van der Waals surface area contributed by atoms with E-state index < -0.39 is 27.7 Å². The van der Waals surface area contributed by atoms with Crippen molar-refractivity contribution in [2.75, 3.05) is 11.9 Å². The summed E-state index contributed by atoms with van der Waals surface area (Å²) in [4.78, 5) is 32.2. The van der Waals surface area contributed by atoms with Gasteiger partial charge in [0.05, 0.1) is 33.0 Å². The zero-order valence-corrected chi connectivity index (χ0v) is 23.2. The zero-order chi connectivity index (χ0) is 29.2. The Balaban J connectivity index is 1.64. The van der Waals surface area contributed by atoms with E-state index in [2.05, 4.69) is 4.72 Å². The number of anilines is 1. The molecular formula is C28H26F2N6O4S. The summed E-state index contributed by atoms with van der Waals surface area (Å²) in [5, 5.41) is 0. The van der Waals surface area contributed by atoms with Crippen molar-refractivity contribution in [1.29, 1.82) is 0 Å².